The molecule has 0 spiro atoms. The molecule has 0 radical (unpaired) electrons. The van der Waals surface area contributed by atoms with Crippen molar-refractivity contribution >= 4 is 40.1 Å². The van der Waals surface area contributed by atoms with Gasteiger partial charge in [0.05, 0.1) is 18.6 Å². The molecule has 1 fully saturated rings. The maximum absolute atomic E-state index is 11.7. The lowest BCUT2D eigenvalue weighted by molar-refractivity contribution is -0.119. The normalized spacial score (nSPS) is 16.0. The number of nitrogens with two attached hydrogens (primary N) is 2. The number of anilines is 4. The number of H-pyrrole nitrogens is 1. The molecule has 1 aliphatic rings. The summed E-state index contributed by atoms with van der Waals surface area (Å²) in [7, 11) is 0. The molecule has 0 saturated carbocycles. The van der Waals surface area contributed by atoms with Gasteiger partial charge in [-0.3, -0.25) is 4.79 Å². The van der Waals surface area contributed by atoms with Crippen LogP contribution in [0.5, 0.6) is 0 Å². The summed E-state index contributed by atoms with van der Waals surface area (Å²) in [6.45, 7) is 3.02. The van der Waals surface area contributed by atoms with Gasteiger partial charge in [0.1, 0.15) is 17.5 Å². The molecule has 1 aliphatic heterocycles. The number of carbonyl (C=O) groups excluding carboxylic acids is 1. The minimum absolute atomic E-state index is 0.236. The van der Waals surface area contributed by atoms with Crippen LogP contribution in [0.1, 0.15) is 12.8 Å². The molecule has 1 amide bonds. The molecular weight excluding hydrogens is 396 g/mol. The van der Waals surface area contributed by atoms with Crippen LogP contribution in [0.15, 0.2) is 36.5 Å². The predicted octanol–water partition coefficient (Wildman–Crippen LogP) is 1.54. The van der Waals surface area contributed by atoms with Crippen LogP contribution in [0.3, 0.4) is 0 Å². The van der Waals surface area contributed by atoms with E-state index in [9.17, 15) is 4.79 Å². The van der Waals surface area contributed by atoms with E-state index in [1.165, 1.54) is 0 Å². The number of benzene rings is 1. The number of carbonyl (C=O) groups is 1. The number of amides is 1. The quantitative estimate of drug-likeness (QED) is 0.308. The lowest BCUT2D eigenvalue weighted by Gasteiger charge is -2.24. The standard InChI is InChI=1S/C21H28N8O2/c22-8-12-31-13-10-25-20-16-7-9-24-19(16)27-21(28-20)26-14-3-5-15(6-4-14)29-11-1-2-17(29)18(23)30/h3-7,9,17H,1-2,8,10-13,22H2,(H2,23,30)(H3,24,25,26,27,28). The van der Waals surface area contributed by atoms with Crippen molar-refractivity contribution in [3.63, 3.8) is 0 Å². The van der Waals surface area contributed by atoms with Crippen LogP contribution < -0.4 is 27.0 Å². The zero-order valence-corrected chi connectivity index (χ0v) is 17.3. The summed E-state index contributed by atoms with van der Waals surface area (Å²) < 4.78 is 5.41. The van der Waals surface area contributed by atoms with E-state index in [0.717, 1.165) is 47.6 Å². The van der Waals surface area contributed by atoms with Crippen molar-refractivity contribution in [1.82, 2.24) is 15.0 Å². The molecule has 3 heterocycles. The topological polar surface area (TPSA) is 147 Å². The first-order chi connectivity index (χ1) is 15.2. The van der Waals surface area contributed by atoms with Crippen LogP contribution in [0.25, 0.3) is 11.0 Å². The van der Waals surface area contributed by atoms with Crippen LogP contribution in [0, 0.1) is 0 Å². The lowest BCUT2D eigenvalue weighted by Crippen LogP contribution is -2.40. The fourth-order valence-corrected chi connectivity index (χ4v) is 3.80. The SMILES string of the molecule is NCCOCCNc1nc(Nc2ccc(N3CCCC3C(N)=O)cc2)nc2[nH]ccc12. The maximum atomic E-state index is 11.7. The Bertz CT molecular complexity index is 1020. The molecule has 10 heteroatoms. The second-order valence-corrected chi connectivity index (χ2v) is 7.39. The summed E-state index contributed by atoms with van der Waals surface area (Å²) >= 11 is 0. The van der Waals surface area contributed by atoms with Crippen molar-refractivity contribution in [2.75, 3.05) is 48.4 Å². The van der Waals surface area contributed by atoms with Crippen molar-refractivity contribution in [2.45, 2.75) is 18.9 Å². The van der Waals surface area contributed by atoms with E-state index in [1.807, 2.05) is 36.5 Å². The molecule has 2 aromatic heterocycles. The summed E-state index contributed by atoms with van der Waals surface area (Å²) in [5, 5.41) is 7.45. The molecule has 1 aromatic carbocycles. The molecule has 10 nitrogen and oxygen atoms in total. The number of nitrogens with one attached hydrogen (secondary N) is 3. The van der Waals surface area contributed by atoms with Crippen LogP contribution in [0.4, 0.5) is 23.1 Å². The van der Waals surface area contributed by atoms with Crippen molar-refractivity contribution in [3.05, 3.63) is 36.5 Å². The first-order valence-electron chi connectivity index (χ1n) is 10.5. The third kappa shape index (κ3) is 4.86. The Balaban J connectivity index is 1.46. The van der Waals surface area contributed by atoms with Gasteiger partial charge >= 0.3 is 0 Å². The fraction of sp³-hybridized carbons (Fsp3) is 0.381. The summed E-state index contributed by atoms with van der Waals surface area (Å²) in [4.78, 5) is 26.0. The number of nitrogens with zero attached hydrogens (tertiary/aromatic N) is 3. The van der Waals surface area contributed by atoms with Gasteiger partial charge in [-0.1, -0.05) is 0 Å². The van der Waals surface area contributed by atoms with Gasteiger partial charge in [0.2, 0.25) is 11.9 Å². The van der Waals surface area contributed by atoms with Crippen molar-refractivity contribution < 1.29 is 9.53 Å². The smallest absolute Gasteiger partial charge is 0.240 e. The number of hydrogen-bond acceptors (Lipinski definition) is 8. The monoisotopic (exact) mass is 424 g/mol. The molecule has 4 rings (SSSR count). The summed E-state index contributed by atoms with van der Waals surface area (Å²) in [6, 6.07) is 9.54. The van der Waals surface area contributed by atoms with Gasteiger partial charge in [-0.2, -0.15) is 9.97 Å². The lowest BCUT2D eigenvalue weighted by atomic mass is 10.2. The Morgan fingerprint density at radius 3 is 2.84 bits per heavy atom. The molecule has 7 N–H and O–H groups in total. The third-order valence-electron chi connectivity index (χ3n) is 5.25. The van der Waals surface area contributed by atoms with E-state index in [0.29, 0.717) is 32.3 Å². The van der Waals surface area contributed by atoms with Crippen LogP contribution in [0.2, 0.25) is 0 Å². The molecule has 3 aromatic rings. The van der Waals surface area contributed by atoms with E-state index in [2.05, 4.69) is 30.5 Å². The Morgan fingerprint density at radius 2 is 2.06 bits per heavy atom. The Kier molecular flexibility index (Phi) is 6.48. The number of rotatable bonds is 10. The molecule has 0 bridgehead atoms. The minimum Gasteiger partial charge on any atom is -0.378 e. The second-order valence-electron chi connectivity index (χ2n) is 7.39. The van der Waals surface area contributed by atoms with Crippen molar-refractivity contribution in [3.8, 4) is 0 Å². The number of aromatic amines is 1. The highest BCUT2D eigenvalue weighted by molar-refractivity contribution is 5.88. The zero-order valence-electron chi connectivity index (χ0n) is 17.3. The van der Waals surface area contributed by atoms with Gasteiger partial charge in [-0.15, -0.1) is 0 Å². The van der Waals surface area contributed by atoms with Crippen molar-refractivity contribution in [1.29, 1.82) is 0 Å². The highest BCUT2D eigenvalue weighted by atomic mass is 16.5. The van der Waals surface area contributed by atoms with Gasteiger partial charge in [0.25, 0.3) is 0 Å². The average molecular weight is 425 g/mol. The Labute approximate surface area is 180 Å². The minimum atomic E-state index is -0.277. The van der Waals surface area contributed by atoms with Gasteiger partial charge in [-0.05, 0) is 43.2 Å². The third-order valence-corrected chi connectivity index (χ3v) is 5.25. The van der Waals surface area contributed by atoms with Crippen LogP contribution >= 0.6 is 0 Å². The second kappa shape index (κ2) is 9.63. The zero-order chi connectivity index (χ0) is 21.6. The Morgan fingerprint density at radius 1 is 1.23 bits per heavy atom. The van der Waals surface area contributed by atoms with E-state index in [4.69, 9.17) is 16.2 Å². The summed E-state index contributed by atoms with van der Waals surface area (Å²) in [5.41, 5.74) is 13.5. The number of primary amides is 1. The first-order valence-corrected chi connectivity index (χ1v) is 10.5. The van der Waals surface area contributed by atoms with E-state index < -0.39 is 0 Å². The largest absolute Gasteiger partial charge is 0.378 e. The maximum Gasteiger partial charge on any atom is 0.240 e. The highest BCUT2D eigenvalue weighted by Crippen LogP contribution is 2.28. The summed E-state index contributed by atoms with van der Waals surface area (Å²) in [6.07, 6.45) is 3.59. The molecule has 164 valence electrons. The number of aromatic nitrogens is 3. The van der Waals surface area contributed by atoms with E-state index in [1.54, 1.807) is 0 Å². The molecular formula is C21H28N8O2. The molecule has 1 atom stereocenters. The Hall–Kier alpha value is -3.37. The van der Waals surface area contributed by atoms with Gasteiger partial charge in [0, 0.05) is 37.2 Å². The van der Waals surface area contributed by atoms with Gasteiger partial charge in [-0.25, -0.2) is 0 Å². The predicted molar refractivity (Wildman–Crippen MR) is 122 cm³/mol. The molecule has 1 saturated heterocycles. The van der Waals surface area contributed by atoms with Crippen molar-refractivity contribution in [2.24, 2.45) is 11.5 Å². The number of hydrogen-bond donors (Lipinski definition) is 5. The summed E-state index contributed by atoms with van der Waals surface area (Å²) in [5.74, 6) is 0.924. The van der Waals surface area contributed by atoms with Crippen LogP contribution in [-0.4, -0.2) is 59.7 Å². The number of fused-ring (bicyclic) bond motifs is 1. The van der Waals surface area contributed by atoms with E-state index in [-0.39, 0.29) is 11.9 Å². The first kappa shape index (κ1) is 20.9. The van der Waals surface area contributed by atoms with E-state index >= 15 is 0 Å². The average Bonchev–Trinajstić information content (AvgIpc) is 3.44. The highest BCUT2D eigenvalue weighted by Gasteiger charge is 2.28. The van der Waals surface area contributed by atoms with Crippen LogP contribution in [-0.2, 0) is 9.53 Å². The fourth-order valence-electron chi connectivity index (χ4n) is 3.80. The molecule has 0 aliphatic carbocycles. The van der Waals surface area contributed by atoms with Gasteiger partial charge in [0.15, 0.2) is 0 Å². The molecule has 31 heavy (non-hydrogen) atoms. The van der Waals surface area contributed by atoms with Gasteiger partial charge < -0.3 is 36.7 Å². The molecule has 1 unspecified atom stereocenters. The number of ether oxygens (including phenoxy) is 1.